The fourth-order valence-corrected chi connectivity index (χ4v) is 3.06. The molecule has 0 radical (unpaired) electrons. The SMILES string of the molecule is Cc1ccc(NC(=S)NCc2ccccc2CN2CCOCC2)cc1. The van der Waals surface area contributed by atoms with Crippen molar-refractivity contribution >= 4 is 23.0 Å². The van der Waals surface area contributed by atoms with Gasteiger partial charge in [0.1, 0.15) is 0 Å². The normalized spacial score (nSPS) is 14.9. The Kier molecular flexibility index (Phi) is 6.39. The number of rotatable bonds is 5. The van der Waals surface area contributed by atoms with Gasteiger partial charge < -0.3 is 15.4 Å². The summed E-state index contributed by atoms with van der Waals surface area (Å²) in [6, 6.07) is 16.8. The van der Waals surface area contributed by atoms with Crippen molar-refractivity contribution in [1.82, 2.24) is 10.2 Å². The fourth-order valence-electron chi connectivity index (χ4n) is 2.87. The minimum Gasteiger partial charge on any atom is -0.379 e. The second kappa shape index (κ2) is 8.94. The first-order valence-corrected chi connectivity index (χ1v) is 9.10. The maximum Gasteiger partial charge on any atom is 0.171 e. The largest absolute Gasteiger partial charge is 0.379 e. The summed E-state index contributed by atoms with van der Waals surface area (Å²) < 4.78 is 5.43. The Morgan fingerprint density at radius 2 is 1.72 bits per heavy atom. The summed E-state index contributed by atoms with van der Waals surface area (Å²) >= 11 is 5.42. The highest BCUT2D eigenvalue weighted by Gasteiger charge is 2.12. The summed E-state index contributed by atoms with van der Waals surface area (Å²) in [5.41, 5.74) is 4.86. The van der Waals surface area contributed by atoms with Crippen LogP contribution in [0.5, 0.6) is 0 Å². The molecule has 2 N–H and O–H groups in total. The predicted octanol–water partition coefficient (Wildman–Crippen LogP) is 3.31. The van der Waals surface area contributed by atoms with E-state index in [1.54, 1.807) is 0 Å². The zero-order valence-corrected chi connectivity index (χ0v) is 15.4. The minimum atomic E-state index is 0.644. The molecule has 0 bridgehead atoms. The second-order valence-electron chi connectivity index (χ2n) is 6.33. The second-order valence-corrected chi connectivity index (χ2v) is 6.74. The van der Waals surface area contributed by atoms with Gasteiger partial charge in [-0.2, -0.15) is 0 Å². The molecule has 0 saturated carbocycles. The van der Waals surface area contributed by atoms with Crippen molar-refractivity contribution < 1.29 is 4.74 Å². The first-order chi connectivity index (χ1) is 12.2. The van der Waals surface area contributed by atoms with Crippen LogP contribution in [0.2, 0.25) is 0 Å². The quantitative estimate of drug-likeness (QED) is 0.805. The Labute approximate surface area is 155 Å². The van der Waals surface area contributed by atoms with E-state index in [1.165, 1.54) is 16.7 Å². The summed E-state index contributed by atoms with van der Waals surface area (Å²) in [6.45, 7) is 7.39. The van der Waals surface area contributed by atoms with Crippen molar-refractivity contribution in [3.8, 4) is 0 Å². The molecule has 0 unspecified atom stereocenters. The van der Waals surface area contributed by atoms with Crippen LogP contribution in [0.4, 0.5) is 5.69 Å². The summed E-state index contributed by atoms with van der Waals surface area (Å²) in [4.78, 5) is 2.44. The van der Waals surface area contributed by atoms with Gasteiger partial charge in [-0.15, -0.1) is 0 Å². The van der Waals surface area contributed by atoms with Crippen LogP contribution in [-0.4, -0.2) is 36.3 Å². The maximum atomic E-state index is 5.43. The number of nitrogens with one attached hydrogen (secondary N) is 2. The third-order valence-corrected chi connectivity index (χ3v) is 4.61. The van der Waals surface area contributed by atoms with Crippen LogP contribution in [0.15, 0.2) is 48.5 Å². The summed E-state index contributed by atoms with van der Waals surface area (Å²) in [5, 5.41) is 7.19. The summed E-state index contributed by atoms with van der Waals surface area (Å²) in [5.74, 6) is 0. The molecule has 0 atom stereocenters. The minimum absolute atomic E-state index is 0.644. The standard InChI is InChI=1S/C20H25N3OS/c1-16-6-8-19(9-7-16)22-20(25)21-14-17-4-2-3-5-18(17)15-23-10-12-24-13-11-23/h2-9H,10-15H2,1H3,(H2,21,22,25). The van der Waals surface area contributed by atoms with Gasteiger partial charge in [0.15, 0.2) is 5.11 Å². The molecule has 1 heterocycles. The Morgan fingerprint density at radius 3 is 2.44 bits per heavy atom. The average Bonchev–Trinajstić information content (AvgIpc) is 2.64. The number of hydrogen-bond acceptors (Lipinski definition) is 3. The highest BCUT2D eigenvalue weighted by atomic mass is 32.1. The van der Waals surface area contributed by atoms with E-state index in [2.05, 4.69) is 58.9 Å². The Morgan fingerprint density at radius 1 is 1.04 bits per heavy atom. The van der Waals surface area contributed by atoms with E-state index in [4.69, 9.17) is 17.0 Å². The summed E-state index contributed by atoms with van der Waals surface area (Å²) in [6.07, 6.45) is 0. The molecule has 2 aromatic rings. The van der Waals surface area contributed by atoms with Crippen molar-refractivity contribution in [2.24, 2.45) is 0 Å². The van der Waals surface area contributed by atoms with Crippen LogP contribution in [0.25, 0.3) is 0 Å². The van der Waals surface area contributed by atoms with Crippen LogP contribution < -0.4 is 10.6 Å². The Bertz CT molecular complexity index is 696. The molecule has 0 spiro atoms. The number of aryl methyl sites for hydroxylation is 1. The zero-order valence-electron chi connectivity index (χ0n) is 14.6. The van der Waals surface area contributed by atoms with Crippen molar-refractivity contribution in [3.63, 3.8) is 0 Å². The molecule has 1 fully saturated rings. The van der Waals surface area contributed by atoms with E-state index in [0.717, 1.165) is 45.1 Å². The molecule has 1 aliphatic rings. The molecule has 25 heavy (non-hydrogen) atoms. The lowest BCUT2D eigenvalue weighted by atomic mass is 10.1. The van der Waals surface area contributed by atoms with Crippen molar-refractivity contribution in [2.75, 3.05) is 31.6 Å². The molecule has 1 aliphatic heterocycles. The van der Waals surface area contributed by atoms with Gasteiger partial charge in [0.2, 0.25) is 0 Å². The first kappa shape index (κ1) is 17.9. The molecule has 2 aromatic carbocycles. The van der Waals surface area contributed by atoms with Gasteiger partial charge in [0.25, 0.3) is 0 Å². The molecule has 0 aromatic heterocycles. The van der Waals surface area contributed by atoms with Crippen molar-refractivity contribution in [1.29, 1.82) is 0 Å². The van der Waals surface area contributed by atoms with E-state index in [0.29, 0.717) is 5.11 Å². The molecule has 0 amide bonds. The highest BCUT2D eigenvalue weighted by Crippen LogP contribution is 2.13. The molecule has 132 valence electrons. The van der Waals surface area contributed by atoms with E-state index < -0.39 is 0 Å². The lowest BCUT2D eigenvalue weighted by molar-refractivity contribution is 0.0341. The number of ether oxygens (including phenoxy) is 1. The van der Waals surface area contributed by atoms with Gasteiger partial charge in [-0.25, -0.2) is 0 Å². The highest BCUT2D eigenvalue weighted by molar-refractivity contribution is 7.80. The summed E-state index contributed by atoms with van der Waals surface area (Å²) in [7, 11) is 0. The molecule has 0 aliphatic carbocycles. The van der Waals surface area contributed by atoms with Gasteiger partial charge in [-0.05, 0) is 42.4 Å². The van der Waals surface area contributed by atoms with E-state index in [9.17, 15) is 0 Å². The molecule has 3 rings (SSSR count). The van der Waals surface area contributed by atoms with Gasteiger partial charge in [0, 0.05) is 31.9 Å². The number of morpholine rings is 1. The lowest BCUT2D eigenvalue weighted by Crippen LogP contribution is -2.36. The van der Waals surface area contributed by atoms with Gasteiger partial charge in [-0.1, -0.05) is 42.0 Å². The molecule has 4 nitrogen and oxygen atoms in total. The topological polar surface area (TPSA) is 36.5 Å². The van der Waals surface area contributed by atoms with Crippen LogP contribution in [-0.2, 0) is 17.8 Å². The van der Waals surface area contributed by atoms with Gasteiger partial charge >= 0.3 is 0 Å². The molecule has 1 saturated heterocycles. The number of benzene rings is 2. The number of anilines is 1. The fraction of sp³-hybridized carbons (Fsp3) is 0.350. The van der Waals surface area contributed by atoms with Crippen LogP contribution in [0.1, 0.15) is 16.7 Å². The van der Waals surface area contributed by atoms with Crippen molar-refractivity contribution in [3.05, 3.63) is 65.2 Å². The average molecular weight is 356 g/mol. The van der Waals surface area contributed by atoms with Gasteiger partial charge in [0.05, 0.1) is 13.2 Å². The molecule has 5 heteroatoms. The van der Waals surface area contributed by atoms with Crippen molar-refractivity contribution in [2.45, 2.75) is 20.0 Å². The molecular weight excluding hydrogens is 330 g/mol. The first-order valence-electron chi connectivity index (χ1n) is 8.69. The zero-order chi connectivity index (χ0) is 17.5. The predicted molar refractivity (Wildman–Crippen MR) is 107 cm³/mol. The third kappa shape index (κ3) is 5.53. The smallest absolute Gasteiger partial charge is 0.171 e. The third-order valence-electron chi connectivity index (χ3n) is 4.36. The van der Waals surface area contributed by atoms with E-state index >= 15 is 0 Å². The maximum absolute atomic E-state index is 5.43. The van der Waals surface area contributed by atoms with Crippen LogP contribution in [0, 0.1) is 6.92 Å². The number of thiocarbonyl (C=S) groups is 1. The Hall–Kier alpha value is -1.95. The lowest BCUT2D eigenvalue weighted by Gasteiger charge is -2.27. The van der Waals surface area contributed by atoms with E-state index in [-0.39, 0.29) is 0 Å². The number of nitrogens with zero attached hydrogens (tertiary/aromatic N) is 1. The van der Waals surface area contributed by atoms with Crippen LogP contribution >= 0.6 is 12.2 Å². The monoisotopic (exact) mass is 355 g/mol. The van der Waals surface area contributed by atoms with E-state index in [1.807, 2.05) is 12.1 Å². The Balaban J connectivity index is 1.55. The molecular formula is C20H25N3OS. The van der Waals surface area contributed by atoms with Crippen LogP contribution in [0.3, 0.4) is 0 Å². The number of hydrogen-bond donors (Lipinski definition) is 2. The van der Waals surface area contributed by atoms with Gasteiger partial charge in [-0.3, -0.25) is 4.90 Å².